The molecular weight excluding hydrogens is 359 g/mol. The lowest BCUT2D eigenvalue weighted by atomic mass is 10.1. The van der Waals surface area contributed by atoms with Crippen molar-refractivity contribution in [2.75, 3.05) is 12.9 Å². The molecule has 0 aliphatic rings. The van der Waals surface area contributed by atoms with Crippen molar-refractivity contribution in [2.45, 2.75) is 45.0 Å². The minimum Gasteiger partial charge on any atom is -0.414 e. The van der Waals surface area contributed by atoms with Gasteiger partial charge < -0.3 is 4.43 Å². The molecule has 0 radical (unpaired) electrons. The molecule has 0 spiro atoms. The molecule has 0 aromatic heterocycles. The van der Waals surface area contributed by atoms with E-state index in [1.165, 1.54) is 18.2 Å². The summed E-state index contributed by atoms with van der Waals surface area (Å²) in [6.07, 6.45) is 0.106. The van der Waals surface area contributed by atoms with E-state index in [1.54, 1.807) is 0 Å². The van der Waals surface area contributed by atoms with E-state index in [2.05, 4.69) is 33.9 Å². The topological polar surface area (TPSA) is 52.6 Å². The minimum atomic E-state index is -3.70. The fourth-order valence-corrected chi connectivity index (χ4v) is 3.38. The Morgan fingerprint density at radius 1 is 1.30 bits per heavy atom. The van der Waals surface area contributed by atoms with E-state index < -0.39 is 30.4 Å². The maximum Gasteiger partial charge on any atom is 0.265 e. The number of hydrogen-bond acceptors (Lipinski definition) is 4. The monoisotopic (exact) mass is 382 g/mol. The third-order valence-corrected chi connectivity index (χ3v) is 9.38. The number of benzene rings is 1. The summed E-state index contributed by atoms with van der Waals surface area (Å²) in [7, 11) is -5.78. The van der Waals surface area contributed by atoms with Crippen LogP contribution in [0.15, 0.2) is 18.2 Å². The first-order valence-corrected chi connectivity index (χ1v) is 12.3. The molecular formula is C15H24ClFO4SSi. The van der Waals surface area contributed by atoms with Crippen molar-refractivity contribution in [1.29, 1.82) is 0 Å². The van der Waals surface area contributed by atoms with Crippen LogP contribution >= 0.6 is 11.6 Å². The van der Waals surface area contributed by atoms with Crippen molar-refractivity contribution in [3.8, 4) is 0 Å². The Kier molecular flexibility index (Phi) is 6.43. The molecule has 1 aromatic carbocycles. The summed E-state index contributed by atoms with van der Waals surface area (Å²) in [5, 5.41) is -0.111. The summed E-state index contributed by atoms with van der Waals surface area (Å²) in [5.74, 6) is -0.571. The van der Waals surface area contributed by atoms with Crippen molar-refractivity contribution >= 4 is 30.0 Å². The Balaban J connectivity index is 3.05. The molecule has 4 nitrogen and oxygen atoms in total. The molecule has 8 heteroatoms. The number of halogens is 2. The number of hydrogen-bond donors (Lipinski definition) is 0. The van der Waals surface area contributed by atoms with Gasteiger partial charge in [0.1, 0.15) is 11.9 Å². The van der Waals surface area contributed by atoms with E-state index in [9.17, 15) is 12.8 Å². The van der Waals surface area contributed by atoms with E-state index in [4.69, 9.17) is 20.2 Å². The van der Waals surface area contributed by atoms with Gasteiger partial charge in [0.25, 0.3) is 10.1 Å². The molecule has 0 aliphatic carbocycles. The first kappa shape index (κ1) is 20.6. The molecule has 1 aromatic rings. The van der Waals surface area contributed by atoms with Crippen LogP contribution in [0.25, 0.3) is 0 Å². The van der Waals surface area contributed by atoms with Crippen LogP contribution in [0.2, 0.25) is 23.2 Å². The van der Waals surface area contributed by atoms with E-state index in [0.29, 0.717) is 5.56 Å². The predicted octanol–water partition coefficient (Wildman–Crippen LogP) is 4.52. The minimum absolute atomic E-state index is 0.0247. The largest absolute Gasteiger partial charge is 0.414 e. The van der Waals surface area contributed by atoms with E-state index in [0.717, 1.165) is 6.26 Å². The van der Waals surface area contributed by atoms with Gasteiger partial charge in [-0.2, -0.15) is 8.42 Å². The maximum atomic E-state index is 13.3. The van der Waals surface area contributed by atoms with Gasteiger partial charge in [-0.15, -0.1) is 0 Å². The third-order valence-electron chi connectivity index (χ3n) is 4.01. The smallest absolute Gasteiger partial charge is 0.265 e. The normalized spacial score (nSPS) is 14.8. The molecule has 1 atom stereocenters. The van der Waals surface area contributed by atoms with Gasteiger partial charge in [-0.25, -0.2) is 4.39 Å². The van der Waals surface area contributed by atoms with E-state index in [-0.39, 0.29) is 16.7 Å². The molecule has 0 heterocycles. The second kappa shape index (κ2) is 7.19. The van der Waals surface area contributed by atoms with Gasteiger partial charge in [0.05, 0.1) is 17.9 Å². The SMILES string of the molecule is CC(C)(C)[Si](C)(C)OC[C@H](OS(C)(=O)=O)c1ccc(F)c(Cl)c1. The fourth-order valence-electron chi connectivity index (χ4n) is 1.60. The molecule has 0 amide bonds. The van der Waals surface area contributed by atoms with Crippen LogP contribution in [0, 0.1) is 5.82 Å². The standard InChI is InChI=1S/C15H24ClFO4SSi/c1-15(2,3)23(5,6)20-10-14(21-22(4,18)19)11-7-8-13(17)12(16)9-11/h7-9,14H,10H2,1-6H3/t14-/m0/s1. The highest BCUT2D eigenvalue weighted by Gasteiger charge is 2.38. The highest BCUT2D eigenvalue weighted by Crippen LogP contribution is 2.37. The molecule has 132 valence electrons. The Morgan fingerprint density at radius 3 is 2.30 bits per heavy atom. The van der Waals surface area contributed by atoms with Gasteiger partial charge in [0, 0.05) is 0 Å². The molecule has 0 aliphatic heterocycles. The molecule has 0 bridgehead atoms. The van der Waals surface area contributed by atoms with Crippen molar-refractivity contribution in [3.63, 3.8) is 0 Å². The summed E-state index contributed by atoms with van der Waals surface area (Å²) >= 11 is 5.78. The molecule has 0 fully saturated rings. The maximum absolute atomic E-state index is 13.3. The van der Waals surface area contributed by atoms with Crippen LogP contribution in [0.3, 0.4) is 0 Å². The Morgan fingerprint density at radius 2 is 1.87 bits per heavy atom. The van der Waals surface area contributed by atoms with Crippen LogP contribution in [0.4, 0.5) is 4.39 Å². The van der Waals surface area contributed by atoms with E-state index in [1.807, 2.05) is 0 Å². The summed E-state index contributed by atoms with van der Waals surface area (Å²) < 4.78 is 47.5. The zero-order valence-electron chi connectivity index (χ0n) is 14.3. The molecule has 0 saturated heterocycles. The average Bonchev–Trinajstić information content (AvgIpc) is 2.35. The third kappa shape index (κ3) is 6.15. The van der Waals surface area contributed by atoms with Gasteiger partial charge in [0.15, 0.2) is 8.32 Å². The van der Waals surface area contributed by atoms with Gasteiger partial charge in [-0.3, -0.25) is 4.18 Å². The lowest BCUT2D eigenvalue weighted by molar-refractivity contribution is 0.127. The molecule has 23 heavy (non-hydrogen) atoms. The highest BCUT2D eigenvalue weighted by atomic mass is 35.5. The van der Waals surface area contributed by atoms with Crippen LogP contribution in [-0.4, -0.2) is 29.6 Å². The summed E-state index contributed by atoms with van der Waals surface area (Å²) in [6.45, 7) is 10.4. The fraction of sp³-hybridized carbons (Fsp3) is 0.600. The first-order chi connectivity index (χ1) is 10.2. The zero-order valence-corrected chi connectivity index (χ0v) is 16.9. The second-order valence-corrected chi connectivity index (χ2v) is 13.9. The lowest BCUT2D eigenvalue weighted by Crippen LogP contribution is -2.42. The molecule has 0 saturated carbocycles. The van der Waals surface area contributed by atoms with Crippen LogP contribution in [0.1, 0.15) is 32.4 Å². The molecule has 0 N–H and O–H groups in total. The van der Waals surface area contributed by atoms with Crippen molar-refractivity contribution in [2.24, 2.45) is 0 Å². The average molecular weight is 383 g/mol. The van der Waals surface area contributed by atoms with Gasteiger partial charge in [-0.1, -0.05) is 38.4 Å². The van der Waals surface area contributed by atoms with Crippen LogP contribution < -0.4 is 0 Å². The van der Waals surface area contributed by atoms with Crippen molar-refractivity contribution in [3.05, 3.63) is 34.6 Å². The predicted molar refractivity (Wildman–Crippen MR) is 93.2 cm³/mol. The first-order valence-electron chi connectivity index (χ1n) is 7.20. The van der Waals surface area contributed by atoms with Crippen molar-refractivity contribution in [1.82, 2.24) is 0 Å². The zero-order chi connectivity index (χ0) is 18.1. The Hall–Kier alpha value is -0.473. The molecule has 0 unspecified atom stereocenters. The van der Waals surface area contributed by atoms with Gasteiger partial charge in [0.2, 0.25) is 0 Å². The summed E-state index contributed by atoms with van der Waals surface area (Å²) in [6, 6.07) is 4.00. The second-order valence-electron chi connectivity index (χ2n) is 7.03. The summed E-state index contributed by atoms with van der Waals surface area (Å²) in [5.41, 5.74) is 0.459. The van der Waals surface area contributed by atoms with Gasteiger partial charge in [-0.05, 0) is 35.8 Å². The van der Waals surface area contributed by atoms with Crippen molar-refractivity contribution < 1.29 is 21.4 Å². The highest BCUT2D eigenvalue weighted by molar-refractivity contribution is 7.86. The Labute approximate surface area is 144 Å². The van der Waals surface area contributed by atoms with Gasteiger partial charge >= 0.3 is 0 Å². The summed E-state index contributed by atoms with van der Waals surface area (Å²) in [4.78, 5) is 0. The molecule has 1 rings (SSSR count). The van der Waals surface area contributed by atoms with Crippen LogP contribution in [-0.2, 0) is 18.7 Å². The van der Waals surface area contributed by atoms with Crippen LogP contribution in [0.5, 0.6) is 0 Å². The Bertz CT molecular complexity index is 656. The van der Waals surface area contributed by atoms with E-state index >= 15 is 0 Å². The lowest BCUT2D eigenvalue weighted by Gasteiger charge is -2.37. The quantitative estimate of drug-likeness (QED) is 0.536. The number of rotatable bonds is 6.